The fourth-order valence-corrected chi connectivity index (χ4v) is 2.38. The van der Waals surface area contributed by atoms with Crippen LogP contribution in [0.4, 0.5) is 14.5 Å². The van der Waals surface area contributed by atoms with E-state index in [1.165, 1.54) is 25.1 Å². The van der Waals surface area contributed by atoms with Crippen LogP contribution in [0.5, 0.6) is 5.75 Å². The molecule has 0 radical (unpaired) electrons. The van der Waals surface area contributed by atoms with E-state index in [4.69, 9.17) is 4.74 Å². The summed E-state index contributed by atoms with van der Waals surface area (Å²) in [6, 6.07) is 5.81. The molecule has 1 aliphatic carbocycles. The molecular weight excluding hydrogens is 320 g/mol. The molecule has 1 aromatic carbocycles. The topological polar surface area (TPSA) is 64.6 Å². The number of anilines is 1. The van der Waals surface area contributed by atoms with Crippen molar-refractivity contribution in [1.29, 1.82) is 0 Å². The van der Waals surface area contributed by atoms with Gasteiger partial charge in [0.2, 0.25) is 0 Å². The second-order valence-corrected chi connectivity index (χ2v) is 5.47. The van der Waals surface area contributed by atoms with Crippen LogP contribution in [0.2, 0.25) is 0 Å². The van der Waals surface area contributed by atoms with Crippen molar-refractivity contribution < 1.29 is 27.8 Å². The van der Waals surface area contributed by atoms with Gasteiger partial charge >= 0.3 is 12.6 Å². The summed E-state index contributed by atoms with van der Waals surface area (Å²) in [5.41, 5.74) is 0.0874. The largest absolute Gasteiger partial charge is 0.453 e. The molecule has 0 unspecified atom stereocenters. The molecule has 0 saturated heterocycles. The molecule has 0 aliphatic heterocycles. The van der Waals surface area contributed by atoms with Crippen molar-refractivity contribution in [3.63, 3.8) is 0 Å². The number of para-hydroxylation sites is 2. The number of hydrogen-bond acceptors (Lipinski definition) is 4. The maximum Gasteiger partial charge on any atom is 0.387 e. The van der Waals surface area contributed by atoms with Crippen molar-refractivity contribution >= 4 is 17.6 Å². The zero-order valence-corrected chi connectivity index (χ0v) is 13.2. The average Bonchev–Trinajstić information content (AvgIpc) is 3.01. The van der Waals surface area contributed by atoms with Crippen LogP contribution in [0.3, 0.4) is 0 Å². The standard InChI is InChI=1S/C17H19F2NO4/c1-11(23-15(21)10-12-6-2-3-7-12)16(22)20-13-8-4-5-9-14(13)24-17(18)19/h2,4-6,8-9,11-12,17H,3,7,10H2,1H3,(H,20,22)/t11-,12-/m0/s1. The Bertz CT molecular complexity index is 618. The predicted molar refractivity (Wildman–Crippen MR) is 83.7 cm³/mol. The monoisotopic (exact) mass is 339 g/mol. The van der Waals surface area contributed by atoms with Gasteiger partial charge in [-0.05, 0) is 37.8 Å². The van der Waals surface area contributed by atoms with Gasteiger partial charge in [-0.3, -0.25) is 9.59 Å². The molecule has 0 spiro atoms. The van der Waals surface area contributed by atoms with Crippen LogP contribution in [-0.4, -0.2) is 24.6 Å². The van der Waals surface area contributed by atoms with Gasteiger partial charge in [0, 0.05) is 0 Å². The first-order valence-corrected chi connectivity index (χ1v) is 7.66. The van der Waals surface area contributed by atoms with E-state index < -0.39 is 24.6 Å². The van der Waals surface area contributed by atoms with Gasteiger partial charge in [0.15, 0.2) is 6.10 Å². The average molecular weight is 339 g/mol. The van der Waals surface area contributed by atoms with Crippen molar-refractivity contribution in [1.82, 2.24) is 0 Å². The zero-order valence-electron chi connectivity index (χ0n) is 13.2. The molecule has 24 heavy (non-hydrogen) atoms. The van der Waals surface area contributed by atoms with Crippen molar-refractivity contribution in [2.45, 2.75) is 38.9 Å². The van der Waals surface area contributed by atoms with E-state index in [-0.39, 0.29) is 23.8 Å². The van der Waals surface area contributed by atoms with Crippen molar-refractivity contribution in [2.24, 2.45) is 5.92 Å². The van der Waals surface area contributed by atoms with Gasteiger partial charge in [-0.1, -0.05) is 24.3 Å². The highest BCUT2D eigenvalue weighted by molar-refractivity contribution is 5.96. The highest BCUT2D eigenvalue weighted by Gasteiger charge is 2.22. The number of esters is 1. The number of carbonyl (C=O) groups excluding carboxylic acids is 2. The Hall–Kier alpha value is -2.44. The molecule has 130 valence electrons. The van der Waals surface area contributed by atoms with Gasteiger partial charge in [-0.2, -0.15) is 8.78 Å². The van der Waals surface area contributed by atoms with E-state index in [0.29, 0.717) is 0 Å². The number of rotatable bonds is 7. The van der Waals surface area contributed by atoms with E-state index >= 15 is 0 Å². The number of ether oxygens (including phenoxy) is 2. The minimum absolute atomic E-state index is 0.0874. The maximum atomic E-state index is 12.4. The Morgan fingerprint density at radius 1 is 1.33 bits per heavy atom. The Balaban J connectivity index is 1.89. The number of halogens is 2. The molecule has 1 N–H and O–H groups in total. The second kappa shape index (κ2) is 8.42. The summed E-state index contributed by atoms with van der Waals surface area (Å²) in [6.07, 6.45) is 4.99. The van der Waals surface area contributed by atoms with Gasteiger partial charge in [0.05, 0.1) is 12.1 Å². The highest BCUT2D eigenvalue weighted by atomic mass is 19.3. The maximum absolute atomic E-state index is 12.4. The lowest BCUT2D eigenvalue weighted by atomic mass is 10.1. The van der Waals surface area contributed by atoms with Gasteiger partial charge in [0.25, 0.3) is 5.91 Å². The van der Waals surface area contributed by atoms with Crippen LogP contribution in [0.15, 0.2) is 36.4 Å². The summed E-state index contributed by atoms with van der Waals surface area (Å²) in [5, 5.41) is 2.43. The zero-order chi connectivity index (χ0) is 17.5. The summed E-state index contributed by atoms with van der Waals surface area (Å²) in [7, 11) is 0. The fraction of sp³-hybridized carbons (Fsp3) is 0.412. The lowest BCUT2D eigenvalue weighted by molar-refractivity contribution is -0.153. The summed E-state index contributed by atoms with van der Waals surface area (Å²) >= 11 is 0. The first-order valence-electron chi connectivity index (χ1n) is 7.66. The van der Waals surface area contributed by atoms with Crippen LogP contribution >= 0.6 is 0 Å². The third-order valence-electron chi connectivity index (χ3n) is 3.58. The molecule has 2 rings (SSSR count). The first kappa shape index (κ1) is 17.9. The number of hydrogen-bond donors (Lipinski definition) is 1. The van der Waals surface area contributed by atoms with Crippen LogP contribution in [0, 0.1) is 5.92 Å². The molecule has 1 amide bonds. The molecule has 1 aromatic rings. The highest BCUT2D eigenvalue weighted by Crippen LogP contribution is 2.26. The van der Waals surface area contributed by atoms with E-state index in [0.717, 1.165) is 12.8 Å². The molecule has 1 aliphatic rings. The smallest absolute Gasteiger partial charge is 0.387 e. The third kappa shape index (κ3) is 5.33. The molecule has 0 bridgehead atoms. The third-order valence-corrected chi connectivity index (χ3v) is 3.58. The quantitative estimate of drug-likeness (QED) is 0.610. The van der Waals surface area contributed by atoms with Crippen molar-refractivity contribution in [2.75, 3.05) is 5.32 Å². The molecular formula is C17H19F2NO4. The molecule has 2 atom stereocenters. The van der Waals surface area contributed by atoms with Gasteiger partial charge in [0.1, 0.15) is 5.75 Å². The SMILES string of the molecule is C[C@H](OC(=O)C[C@H]1C=CCC1)C(=O)Nc1ccccc1OC(F)F. The molecule has 0 fully saturated rings. The van der Waals surface area contributed by atoms with Crippen molar-refractivity contribution in [3.05, 3.63) is 36.4 Å². The minimum Gasteiger partial charge on any atom is -0.453 e. The summed E-state index contributed by atoms with van der Waals surface area (Å²) < 4.78 is 34.1. The Labute approximate surface area is 138 Å². The number of allylic oxidation sites excluding steroid dienone is 2. The predicted octanol–water partition coefficient (Wildman–Crippen LogP) is 3.51. The van der Waals surface area contributed by atoms with E-state index in [1.807, 2.05) is 12.2 Å². The molecule has 0 saturated carbocycles. The summed E-state index contributed by atoms with van der Waals surface area (Å²) in [6.45, 7) is -1.58. The lowest BCUT2D eigenvalue weighted by Crippen LogP contribution is -2.30. The first-order chi connectivity index (χ1) is 11.5. The Kier molecular flexibility index (Phi) is 6.28. The number of carbonyl (C=O) groups is 2. The normalized spacial score (nSPS) is 17.6. The van der Waals surface area contributed by atoms with Gasteiger partial charge in [-0.15, -0.1) is 0 Å². The molecule has 0 aromatic heterocycles. The number of benzene rings is 1. The van der Waals surface area contributed by atoms with Gasteiger partial charge in [-0.25, -0.2) is 0 Å². The Morgan fingerprint density at radius 3 is 2.75 bits per heavy atom. The Morgan fingerprint density at radius 2 is 2.08 bits per heavy atom. The molecule has 0 heterocycles. The van der Waals surface area contributed by atoms with Gasteiger partial charge < -0.3 is 14.8 Å². The fourth-order valence-electron chi connectivity index (χ4n) is 2.38. The van der Waals surface area contributed by atoms with Crippen LogP contribution in [0.25, 0.3) is 0 Å². The van der Waals surface area contributed by atoms with Crippen LogP contribution < -0.4 is 10.1 Å². The minimum atomic E-state index is -3.00. The van der Waals surface area contributed by atoms with Crippen LogP contribution in [-0.2, 0) is 14.3 Å². The molecule has 5 nitrogen and oxygen atoms in total. The van der Waals surface area contributed by atoms with Crippen molar-refractivity contribution in [3.8, 4) is 5.75 Å². The summed E-state index contributed by atoms with van der Waals surface area (Å²) in [5.74, 6) is -1.09. The van der Waals surface area contributed by atoms with E-state index in [2.05, 4.69) is 10.1 Å². The number of alkyl halides is 2. The van der Waals surface area contributed by atoms with Crippen LogP contribution in [0.1, 0.15) is 26.2 Å². The summed E-state index contributed by atoms with van der Waals surface area (Å²) in [4.78, 5) is 23.9. The van der Waals surface area contributed by atoms with E-state index in [1.54, 1.807) is 6.07 Å². The van der Waals surface area contributed by atoms with E-state index in [9.17, 15) is 18.4 Å². The molecule has 7 heteroatoms. The number of nitrogens with one attached hydrogen (secondary N) is 1. The lowest BCUT2D eigenvalue weighted by Gasteiger charge is -2.16. The second-order valence-electron chi connectivity index (χ2n) is 5.47. The number of amides is 1.